The highest BCUT2D eigenvalue weighted by Crippen LogP contribution is 2.20. The number of rotatable bonds is 5. The van der Waals surface area contributed by atoms with Crippen LogP contribution in [0.25, 0.3) is 0 Å². The predicted molar refractivity (Wildman–Crippen MR) is 81.9 cm³/mol. The standard InChI is InChI=1S/C16H13N3OS/c17-9-13-5-6-16(18-10-13)19(11-14-3-1-7-20-14)12-15-4-2-8-21-15/h1-8,10H,11-12H2. The summed E-state index contributed by atoms with van der Waals surface area (Å²) < 4.78 is 5.43. The lowest BCUT2D eigenvalue weighted by atomic mass is 10.3. The summed E-state index contributed by atoms with van der Waals surface area (Å²) in [6.07, 6.45) is 3.27. The Labute approximate surface area is 126 Å². The third kappa shape index (κ3) is 3.30. The van der Waals surface area contributed by atoms with Crippen molar-refractivity contribution in [1.29, 1.82) is 5.26 Å². The number of nitriles is 1. The SMILES string of the molecule is N#Cc1ccc(N(Cc2ccco2)Cc2cccs2)nc1. The molecule has 0 N–H and O–H groups in total. The minimum absolute atomic E-state index is 0.563. The van der Waals surface area contributed by atoms with Crippen LogP contribution in [-0.4, -0.2) is 4.98 Å². The van der Waals surface area contributed by atoms with Crippen molar-refractivity contribution in [2.24, 2.45) is 0 Å². The minimum Gasteiger partial charge on any atom is -0.467 e. The van der Waals surface area contributed by atoms with Crippen molar-refractivity contribution in [3.05, 3.63) is 70.4 Å². The van der Waals surface area contributed by atoms with Crippen molar-refractivity contribution in [2.75, 3.05) is 4.90 Å². The molecular weight excluding hydrogens is 282 g/mol. The summed E-state index contributed by atoms with van der Waals surface area (Å²) in [5.74, 6) is 1.72. The second-order valence-electron chi connectivity index (χ2n) is 4.53. The van der Waals surface area contributed by atoms with Gasteiger partial charge < -0.3 is 9.32 Å². The molecule has 0 aliphatic rings. The molecule has 0 bridgehead atoms. The van der Waals surface area contributed by atoms with Crippen LogP contribution in [0.3, 0.4) is 0 Å². The summed E-state index contributed by atoms with van der Waals surface area (Å²) >= 11 is 1.71. The molecule has 0 aliphatic carbocycles. The van der Waals surface area contributed by atoms with Crippen molar-refractivity contribution < 1.29 is 4.42 Å². The fourth-order valence-corrected chi connectivity index (χ4v) is 2.76. The molecular formula is C16H13N3OS. The molecule has 0 unspecified atom stereocenters. The molecule has 5 heteroatoms. The van der Waals surface area contributed by atoms with Gasteiger partial charge in [0.1, 0.15) is 17.6 Å². The van der Waals surface area contributed by atoms with Crippen molar-refractivity contribution in [1.82, 2.24) is 4.98 Å². The summed E-state index contributed by atoms with van der Waals surface area (Å²) in [7, 11) is 0. The van der Waals surface area contributed by atoms with Gasteiger partial charge in [-0.1, -0.05) is 6.07 Å². The maximum atomic E-state index is 8.87. The lowest BCUT2D eigenvalue weighted by molar-refractivity contribution is 0.501. The van der Waals surface area contributed by atoms with Gasteiger partial charge in [-0.3, -0.25) is 0 Å². The zero-order valence-electron chi connectivity index (χ0n) is 11.3. The van der Waals surface area contributed by atoms with Crippen molar-refractivity contribution in [3.8, 4) is 6.07 Å². The first-order valence-electron chi connectivity index (χ1n) is 6.51. The number of hydrogen-bond acceptors (Lipinski definition) is 5. The van der Waals surface area contributed by atoms with Gasteiger partial charge in [-0.15, -0.1) is 11.3 Å². The van der Waals surface area contributed by atoms with Crippen LogP contribution in [0.2, 0.25) is 0 Å². The van der Waals surface area contributed by atoms with E-state index in [9.17, 15) is 0 Å². The molecule has 4 nitrogen and oxygen atoms in total. The Bertz CT molecular complexity index is 676. The molecule has 0 fully saturated rings. The lowest BCUT2D eigenvalue weighted by Crippen LogP contribution is -2.22. The van der Waals surface area contributed by atoms with Crippen LogP contribution in [0.4, 0.5) is 5.82 Å². The Balaban J connectivity index is 1.85. The molecule has 0 spiro atoms. The Morgan fingerprint density at radius 1 is 1.19 bits per heavy atom. The van der Waals surface area contributed by atoms with E-state index in [1.54, 1.807) is 29.9 Å². The van der Waals surface area contributed by atoms with Gasteiger partial charge in [0.25, 0.3) is 0 Å². The van der Waals surface area contributed by atoms with Gasteiger partial charge in [-0.2, -0.15) is 5.26 Å². The second kappa shape index (κ2) is 6.25. The van der Waals surface area contributed by atoms with Gasteiger partial charge in [0.2, 0.25) is 0 Å². The van der Waals surface area contributed by atoms with E-state index in [4.69, 9.17) is 9.68 Å². The van der Waals surface area contributed by atoms with E-state index in [-0.39, 0.29) is 0 Å². The van der Waals surface area contributed by atoms with E-state index in [2.05, 4.69) is 27.4 Å². The highest BCUT2D eigenvalue weighted by molar-refractivity contribution is 7.09. The fraction of sp³-hybridized carbons (Fsp3) is 0.125. The average molecular weight is 295 g/mol. The molecule has 3 aromatic rings. The predicted octanol–water partition coefficient (Wildman–Crippen LogP) is 3.81. The summed E-state index contributed by atoms with van der Waals surface area (Å²) in [5, 5.41) is 10.9. The van der Waals surface area contributed by atoms with Crippen molar-refractivity contribution in [2.45, 2.75) is 13.1 Å². The van der Waals surface area contributed by atoms with E-state index in [1.807, 2.05) is 24.3 Å². The number of anilines is 1. The third-order valence-electron chi connectivity index (χ3n) is 3.05. The molecule has 0 saturated heterocycles. The van der Waals surface area contributed by atoms with E-state index in [1.165, 1.54) is 4.88 Å². The van der Waals surface area contributed by atoms with Crippen LogP contribution in [0.1, 0.15) is 16.2 Å². The molecule has 3 aromatic heterocycles. The molecule has 3 rings (SSSR count). The average Bonchev–Trinajstić information content (AvgIpc) is 3.20. The van der Waals surface area contributed by atoms with Crippen molar-refractivity contribution >= 4 is 17.2 Å². The molecule has 0 aliphatic heterocycles. The Kier molecular flexibility index (Phi) is 3.99. The van der Waals surface area contributed by atoms with Crippen LogP contribution >= 0.6 is 11.3 Å². The molecule has 0 amide bonds. The quantitative estimate of drug-likeness (QED) is 0.718. The second-order valence-corrected chi connectivity index (χ2v) is 5.56. The number of hydrogen-bond donors (Lipinski definition) is 0. The first-order valence-corrected chi connectivity index (χ1v) is 7.39. The van der Waals surface area contributed by atoms with Crippen LogP contribution < -0.4 is 4.90 Å². The minimum atomic E-state index is 0.563. The Morgan fingerprint density at radius 2 is 2.14 bits per heavy atom. The van der Waals surface area contributed by atoms with Crippen molar-refractivity contribution in [3.63, 3.8) is 0 Å². The maximum Gasteiger partial charge on any atom is 0.129 e. The molecule has 104 valence electrons. The first kappa shape index (κ1) is 13.4. The normalized spacial score (nSPS) is 10.2. The van der Waals surface area contributed by atoms with E-state index in [0.29, 0.717) is 12.1 Å². The third-order valence-corrected chi connectivity index (χ3v) is 3.92. The summed E-state index contributed by atoms with van der Waals surface area (Å²) in [6, 6.07) is 13.7. The number of nitrogens with zero attached hydrogens (tertiary/aromatic N) is 3. The topological polar surface area (TPSA) is 53.1 Å². The van der Waals surface area contributed by atoms with Gasteiger partial charge >= 0.3 is 0 Å². The highest BCUT2D eigenvalue weighted by atomic mass is 32.1. The number of aromatic nitrogens is 1. The zero-order chi connectivity index (χ0) is 14.5. The van der Waals surface area contributed by atoms with Crippen LogP contribution in [0.15, 0.2) is 58.7 Å². The monoisotopic (exact) mass is 295 g/mol. The molecule has 3 heterocycles. The van der Waals surface area contributed by atoms with Crippen LogP contribution in [0, 0.1) is 11.3 Å². The van der Waals surface area contributed by atoms with Gasteiger partial charge in [0.15, 0.2) is 0 Å². The summed E-state index contributed by atoms with van der Waals surface area (Å²) in [6.45, 7) is 1.40. The molecule has 0 atom stereocenters. The molecule has 21 heavy (non-hydrogen) atoms. The first-order chi connectivity index (χ1) is 10.3. The van der Waals surface area contributed by atoms with E-state index >= 15 is 0 Å². The summed E-state index contributed by atoms with van der Waals surface area (Å²) in [5.41, 5.74) is 0.563. The van der Waals surface area contributed by atoms with Gasteiger partial charge in [-0.25, -0.2) is 4.98 Å². The highest BCUT2D eigenvalue weighted by Gasteiger charge is 2.12. The lowest BCUT2D eigenvalue weighted by Gasteiger charge is -2.22. The fourth-order valence-electron chi connectivity index (χ4n) is 2.04. The Hall–Kier alpha value is -2.58. The van der Waals surface area contributed by atoms with Gasteiger partial charge in [0, 0.05) is 11.1 Å². The number of pyridine rings is 1. The van der Waals surface area contributed by atoms with E-state index in [0.717, 1.165) is 18.1 Å². The van der Waals surface area contributed by atoms with Crippen LogP contribution in [-0.2, 0) is 13.1 Å². The molecule has 0 aromatic carbocycles. The summed E-state index contributed by atoms with van der Waals surface area (Å²) in [4.78, 5) is 7.77. The van der Waals surface area contributed by atoms with Gasteiger partial charge in [-0.05, 0) is 35.7 Å². The zero-order valence-corrected chi connectivity index (χ0v) is 12.1. The van der Waals surface area contributed by atoms with Gasteiger partial charge in [0.05, 0.1) is 24.9 Å². The number of thiophene rings is 1. The maximum absolute atomic E-state index is 8.87. The molecule has 0 saturated carbocycles. The smallest absolute Gasteiger partial charge is 0.129 e. The largest absolute Gasteiger partial charge is 0.467 e. The Morgan fingerprint density at radius 3 is 2.76 bits per heavy atom. The number of furan rings is 1. The van der Waals surface area contributed by atoms with E-state index < -0.39 is 0 Å². The molecule has 0 radical (unpaired) electrons. The van der Waals surface area contributed by atoms with Crippen LogP contribution in [0.5, 0.6) is 0 Å².